The summed E-state index contributed by atoms with van der Waals surface area (Å²) in [7, 11) is -3.52. The van der Waals surface area contributed by atoms with Crippen LogP contribution in [0.15, 0.2) is 10.6 Å². The molecule has 0 radical (unpaired) electrons. The van der Waals surface area contributed by atoms with E-state index in [4.69, 9.17) is 4.52 Å². The van der Waals surface area contributed by atoms with E-state index in [2.05, 4.69) is 9.88 Å². The van der Waals surface area contributed by atoms with Crippen LogP contribution in [0.4, 0.5) is 0 Å². The van der Waals surface area contributed by atoms with Crippen molar-refractivity contribution in [1.82, 2.24) is 14.8 Å². The molecule has 22 heavy (non-hydrogen) atoms. The molecule has 1 saturated heterocycles. The number of aromatic nitrogens is 1. The highest BCUT2D eigenvalue weighted by Gasteiger charge is 2.47. The van der Waals surface area contributed by atoms with Crippen molar-refractivity contribution >= 4 is 15.9 Å². The first-order valence-electron chi connectivity index (χ1n) is 6.74. The van der Waals surface area contributed by atoms with Crippen LogP contribution >= 0.6 is 0 Å². The predicted molar refractivity (Wildman–Crippen MR) is 75.6 cm³/mol. The summed E-state index contributed by atoms with van der Waals surface area (Å²) in [5.74, 6) is -0.495. The largest absolute Gasteiger partial charge is 0.388 e. The van der Waals surface area contributed by atoms with Crippen LogP contribution in [-0.2, 0) is 16.4 Å². The highest BCUT2D eigenvalue weighted by Crippen LogP contribution is 2.23. The Labute approximate surface area is 127 Å². The Morgan fingerprint density at radius 2 is 2.32 bits per heavy atom. The number of likely N-dealkylation sites (tertiary alicyclic amines) is 1. The van der Waals surface area contributed by atoms with Crippen LogP contribution in [0.2, 0.25) is 0 Å². The average Bonchev–Trinajstić information content (AvgIpc) is 3.01. The predicted octanol–water partition coefficient (Wildman–Crippen LogP) is -1.67. The van der Waals surface area contributed by atoms with Crippen LogP contribution in [0.25, 0.3) is 0 Å². The number of aliphatic hydroxyl groups is 2. The number of nitrogens with zero attached hydrogens (tertiary/aromatic N) is 2. The maximum atomic E-state index is 12.2. The monoisotopic (exact) mass is 333 g/mol. The summed E-state index contributed by atoms with van der Waals surface area (Å²) in [6.45, 7) is 1.15. The van der Waals surface area contributed by atoms with Crippen LogP contribution in [0.1, 0.15) is 23.2 Å². The number of hydrogen-bond donors (Lipinski definition) is 3. The Kier molecular flexibility index (Phi) is 4.57. The summed E-state index contributed by atoms with van der Waals surface area (Å²) < 4.78 is 29.3. The van der Waals surface area contributed by atoms with Gasteiger partial charge in [-0.25, -0.2) is 13.1 Å². The molecular weight excluding hydrogens is 314 g/mol. The van der Waals surface area contributed by atoms with E-state index in [0.717, 1.165) is 6.26 Å². The molecule has 0 aliphatic carbocycles. The van der Waals surface area contributed by atoms with Crippen LogP contribution in [0.3, 0.4) is 0 Å². The number of β-amino-alcohol motifs (C(OH)–C–C–N with tert-alkyl or cyclic N) is 2. The Morgan fingerprint density at radius 3 is 2.86 bits per heavy atom. The molecular formula is C12H19N3O6S. The van der Waals surface area contributed by atoms with Crippen LogP contribution in [-0.4, -0.2) is 72.2 Å². The van der Waals surface area contributed by atoms with E-state index in [1.807, 2.05) is 6.92 Å². The molecule has 0 spiro atoms. The lowest BCUT2D eigenvalue weighted by atomic mass is 10.0. The van der Waals surface area contributed by atoms with E-state index < -0.39 is 27.6 Å². The Bertz CT molecular complexity index is 658. The number of nitrogens with one attached hydrogen (secondary N) is 1. The minimum Gasteiger partial charge on any atom is -0.388 e. The Hall–Kier alpha value is -1.49. The normalized spacial score (nSPS) is 25.6. The third kappa shape index (κ3) is 3.64. The van der Waals surface area contributed by atoms with Crippen LogP contribution in [0.5, 0.6) is 0 Å². The number of sulfonamides is 1. The Morgan fingerprint density at radius 1 is 1.64 bits per heavy atom. The first kappa shape index (κ1) is 16.9. The van der Waals surface area contributed by atoms with Crippen molar-refractivity contribution in [3.05, 3.63) is 17.5 Å². The quantitative estimate of drug-likeness (QED) is 0.587. The summed E-state index contributed by atoms with van der Waals surface area (Å²) in [4.78, 5) is 13.4. The number of aryl methyl sites for hydroxylation is 1. The average molecular weight is 333 g/mol. The molecule has 2 atom stereocenters. The topological polar surface area (TPSA) is 133 Å². The van der Waals surface area contributed by atoms with Gasteiger partial charge in [-0.1, -0.05) is 12.1 Å². The zero-order chi connectivity index (χ0) is 16.5. The molecule has 10 heteroatoms. The van der Waals surface area contributed by atoms with Crippen molar-refractivity contribution in [3.8, 4) is 0 Å². The number of hydrogen-bond acceptors (Lipinski definition) is 7. The maximum absolute atomic E-state index is 12.2. The van der Waals surface area contributed by atoms with Gasteiger partial charge in [-0.15, -0.1) is 0 Å². The second kappa shape index (κ2) is 5.95. The lowest BCUT2D eigenvalue weighted by molar-refractivity contribution is -0.0352. The van der Waals surface area contributed by atoms with Gasteiger partial charge in [0.1, 0.15) is 11.7 Å². The zero-order valence-electron chi connectivity index (χ0n) is 12.3. The summed E-state index contributed by atoms with van der Waals surface area (Å²) >= 11 is 0. The fourth-order valence-corrected chi connectivity index (χ4v) is 2.71. The fourth-order valence-electron chi connectivity index (χ4n) is 2.20. The van der Waals surface area contributed by atoms with Gasteiger partial charge in [0.15, 0.2) is 0 Å². The van der Waals surface area contributed by atoms with E-state index in [0.29, 0.717) is 12.1 Å². The van der Waals surface area contributed by atoms with Gasteiger partial charge >= 0.3 is 0 Å². The molecule has 0 bridgehead atoms. The van der Waals surface area contributed by atoms with Crippen molar-refractivity contribution in [2.75, 3.05) is 25.9 Å². The molecule has 0 aromatic carbocycles. The van der Waals surface area contributed by atoms with Crippen molar-refractivity contribution in [3.63, 3.8) is 0 Å². The molecule has 1 fully saturated rings. The number of rotatable bonds is 5. The first-order valence-corrected chi connectivity index (χ1v) is 8.64. The van der Waals surface area contributed by atoms with Gasteiger partial charge in [0, 0.05) is 12.6 Å². The molecule has 9 nitrogen and oxygen atoms in total. The van der Waals surface area contributed by atoms with E-state index in [-0.39, 0.29) is 25.4 Å². The second-order valence-electron chi connectivity index (χ2n) is 5.43. The highest BCUT2D eigenvalue weighted by atomic mass is 32.2. The number of carbonyl (C=O) groups is 1. The van der Waals surface area contributed by atoms with Gasteiger partial charge in [-0.3, -0.25) is 4.79 Å². The van der Waals surface area contributed by atoms with Crippen molar-refractivity contribution < 1.29 is 27.9 Å². The lowest BCUT2D eigenvalue weighted by Gasteiger charge is -2.25. The maximum Gasteiger partial charge on any atom is 0.292 e. The molecule has 1 aromatic rings. The SMILES string of the molecule is CCc1cc(C(=O)N2C[C@@H](O)[C@](O)(CNS(C)(=O)=O)C2)on1. The lowest BCUT2D eigenvalue weighted by Crippen LogP contribution is -2.51. The van der Waals surface area contributed by atoms with Gasteiger partial charge in [0.05, 0.1) is 25.0 Å². The second-order valence-corrected chi connectivity index (χ2v) is 7.27. The zero-order valence-corrected chi connectivity index (χ0v) is 13.1. The summed E-state index contributed by atoms with van der Waals surface area (Å²) in [5, 5.41) is 24.0. The van der Waals surface area contributed by atoms with Gasteiger partial charge < -0.3 is 19.6 Å². The third-order valence-corrected chi connectivity index (χ3v) is 4.21. The molecule has 0 saturated carbocycles. The van der Waals surface area contributed by atoms with Crippen LogP contribution in [0, 0.1) is 0 Å². The van der Waals surface area contributed by atoms with Crippen LogP contribution < -0.4 is 4.72 Å². The minimum absolute atomic E-state index is 0.0179. The molecule has 124 valence electrons. The molecule has 2 rings (SSSR count). The fraction of sp³-hybridized carbons (Fsp3) is 0.667. The highest BCUT2D eigenvalue weighted by molar-refractivity contribution is 7.88. The van der Waals surface area contributed by atoms with Gasteiger partial charge in [0.2, 0.25) is 15.8 Å². The summed E-state index contributed by atoms with van der Waals surface area (Å²) in [6.07, 6.45) is 0.294. The number of amides is 1. The Balaban J connectivity index is 2.07. The van der Waals surface area contributed by atoms with E-state index >= 15 is 0 Å². The van der Waals surface area contributed by atoms with E-state index in [9.17, 15) is 23.4 Å². The van der Waals surface area contributed by atoms with Gasteiger partial charge in [-0.05, 0) is 6.42 Å². The molecule has 1 amide bonds. The number of aliphatic hydroxyl groups excluding tert-OH is 1. The minimum atomic E-state index is -3.52. The van der Waals surface area contributed by atoms with Gasteiger partial charge in [0.25, 0.3) is 5.91 Å². The first-order chi connectivity index (χ1) is 10.1. The van der Waals surface area contributed by atoms with Crippen molar-refractivity contribution in [1.29, 1.82) is 0 Å². The molecule has 2 heterocycles. The third-order valence-electron chi connectivity index (χ3n) is 3.54. The molecule has 1 aliphatic rings. The van der Waals surface area contributed by atoms with E-state index in [1.165, 1.54) is 11.0 Å². The molecule has 3 N–H and O–H groups in total. The van der Waals surface area contributed by atoms with Crippen molar-refractivity contribution in [2.24, 2.45) is 0 Å². The molecule has 1 aliphatic heterocycles. The molecule has 1 aromatic heterocycles. The number of carbonyl (C=O) groups excluding carboxylic acids is 1. The summed E-state index contributed by atoms with van der Waals surface area (Å²) in [5.41, 5.74) is -1.12. The standard InChI is InChI=1S/C12H19N3O6S/c1-3-8-4-9(21-14-8)11(17)15-5-10(16)12(18,7-15)6-13-22(2,19)20/h4,10,13,16,18H,3,5-7H2,1-2H3/t10-,12+/m1/s1. The van der Waals surface area contributed by atoms with E-state index in [1.54, 1.807) is 0 Å². The smallest absolute Gasteiger partial charge is 0.292 e. The van der Waals surface area contributed by atoms with Gasteiger partial charge in [-0.2, -0.15) is 0 Å². The summed E-state index contributed by atoms with van der Waals surface area (Å²) in [6, 6.07) is 1.50. The van der Waals surface area contributed by atoms with Crippen molar-refractivity contribution in [2.45, 2.75) is 25.0 Å². The molecule has 0 unspecified atom stereocenters.